The third kappa shape index (κ3) is 5.84. The summed E-state index contributed by atoms with van der Waals surface area (Å²) < 4.78 is 10.5. The molecule has 0 radical (unpaired) electrons. The Kier molecular flexibility index (Phi) is 7.72. The van der Waals surface area contributed by atoms with E-state index in [0.29, 0.717) is 53.0 Å². The number of ether oxygens (including phenoxy) is 2. The van der Waals surface area contributed by atoms with E-state index in [1.807, 2.05) is 17.0 Å². The van der Waals surface area contributed by atoms with Gasteiger partial charge in [-0.2, -0.15) is 0 Å². The predicted octanol–water partition coefficient (Wildman–Crippen LogP) is 4.36. The SMILES string of the molecule is COc1ccc(C(=O)Nc2ccc(N3CCCN(C(=O)c4ccc(Cl)cc4)CC3)nc2)c(OC)c1. The molecule has 0 bridgehead atoms. The fraction of sp³-hybridized carbons (Fsp3) is 0.269. The fourth-order valence-corrected chi connectivity index (χ4v) is 4.08. The molecule has 0 atom stereocenters. The summed E-state index contributed by atoms with van der Waals surface area (Å²) >= 11 is 5.94. The van der Waals surface area contributed by atoms with Gasteiger partial charge in [0.2, 0.25) is 0 Å². The number of rotatable bonds is 6. The van der Waals surface area contributed by atoms with Crippen LogP contribution in [0, 0.1) is 0 Å². The van der Waals surface area contributed by atoms with Crippen molar-refractivity contribution < 1.29 is 19.1 Å². The van der Waals surface area contributed by atoms with E-state index in [1.165, 1.54) is 7.11 Å². The molecule has 1 aliphatic rings. The van der Waals surface area contributed by atoms with Crippen LogP contribution in [0.3, 0.4) is 0 Å². The van der Waals surface area contributed by atoms with E-state index in [9.17, 15) is 9.59 Å². The molecular weight excluding hydrogens is 468 g/mol. The van der Waals surface area contributed by atoms with E-state index in [1.54, 1.807) is 55.8 Å². The molecule has 2 amide bonds. The minimum atomic E-state index is -0.301. The molecular formula is C26H27ClN4O4. The van der Waals surface area contributed by atoms with Gasteiger partial charge in [0.15, 0.2) is 0 Å². The molecule has 8 nitrogen and oxygen atoms in total. The van der Waals surface area contributed by atoms with Crippen LogP contribution in [0.4, 0.5) is 11.5 Å². The van der Waals surface area contributed by atoms with Crippen LogP contribution in [0.1, 0.15) is 27.1 Å². The van der Waals surface area contributed by atoms with Crippen LogP contribution >= 0.6 is 11.6 Å². The smallest absolute Gasteiger partial charge is 0.259 e. The first kappa shape index (κ1) is 24.3. The summed E-state index contributed by atoms with van der Waals surface area (Å²) in [7, 11) is 3.06. The molecule has 182 valence electrons. The summed E-state index contributed by atoms with van der Waals surface area (Å²) in [4.78, 5) is 34.1. The van der Waals surface area contributed by atoms with Crippen LogP contribution in [0.5, 0.6) is 11.5 Å². The summed E-state index contributed by atoms with van der Waals surface area (Å²) in [5.74, 6) is 1.53. The highest BCUT2D eigenvalue weighted by Crippen LogP contribution is 2.26. The van der Waals surface area contributed by atoms with Gasteiger partial charge in [0.1, 0.15) is 17.3 Å². The van der Waals surface area contributed by atoms with Crippen LogP contribution in [0.25, 0.3) is 0 Å². The average molecular weight is 495 g/mol. The Labute approximate surface area is 209 Å². The predicted molar refractivity (Wildman–Crippen MR) is 136 cm³/mol. The number of methoxy groups -OCH3 is 2. The first-order valence-electron chi connectivity index (χ1n) is 11.3. The molecule has 1 aliphatic heterocycles. The summed E-state index contributed by atoms with van der Waals surface area (Å²) in [6.45, 7) is 2.72. The van der Waals surface area contributed by atoms with E-state index in [2.05, 4.69) is 15.2 Å². The van der Waals surface area contributed by atoms with E-state index < -0.39 is 0 Å². The Balaban J connectivity index is 1.38. The Morgan fingerprint density at radius 2 is 1.74 bits per heavy atom. The topological polar surface area (TPSA) is 84.0 Å². The van der Waals surface area contributed by atoms with Gasteiger partial charge in [-0.25, -0.2) is 4.98 Å². The van der Waals surface area contributed by atoms with E-state index in [0.717, 1.165) is 18.8 Å². The number of benzene rings is 2. The molecule has 0 unspecified atom stereocenters. The Hall–Kier alpha value is -3.78. The third-order valence-corrected chi connectivity index (χ3v) is 6.11. The first-order valence-corrected chi connectivity index (χ1v) is 11.7. The number of anilines is 2. The molecule has 2 heterocycles. The third-order valence-electron chi connectivity index (χ3n) is 5.86. The number of nitrogens with zero attached hydrogens (tertiary/aromatic N) is 3. The number of hydrogen-bond acceptors (Lipinski definition) is 6. The summed E-state index contributed by atoms with van der Waals surface area (Å²) in [5.41, 5.74) is 1.61. The zero-order valence-electron chi connectivity index (χ0n) is 19.7. The van der Waals surface area contributed by atoms with Gasteiger partial charge in [-0.05, 0) is 55.0 Å². The average Bonchev–Trinajstić information content (AvgIpc) is 3.15. The second-order valence-electron chi connectivity index (χ2n) is 8.07. The Morgan fingerprint density at radius 3 is 2.43 bits per heavy atom. The van der Waals surface area contributed by atoms with E-state index in [-0.39, 0.29) is 11.8 Å². The zero-order valence-corrected chi connectivity index (χ0v) is 20.4. The van der Waals surface area contributed by atoms with Crippen molar-refractivity contribution in [3.8, 4) is 11.5 Å². The molecule has 0 spiro atoms. The van der Waals surface area contributed by atoms with Crippen LogP contribution in [-0.2, 0) is 0 Å². The van der Waals surface area contributed by atoms with Crippen molar-refractivity contribution in [1.82, 2.24) is 9.88 Å². The first-order chi connectivity index (χ1) is 17.0. The van der Waals surface area contributed by atoms with Crippen LogP contribution < -0.4 is 19.7 Å². The molecule has 0 saturated carbocycles. The lowest BCUT2D eigenvalue weighted by Gasteiger charge is -2.23. The Bertz CT molecular complexity index is 1180. The highest BCUT2D eigenvalue weighted by atomic mass is 35.5. The van der Waals surface area contributed by atoms with Crippen molar-refractivity contribution in [2.75, 3.05) is 50.6 Å². The lowest BCUT2D eigenvalue weighted by Crippen LogP contribution is -2.35. The number of carbonyl (C=O) groups excluding carboxylic acids is 2. The van der Waals surface area contributed by atoms with Gasteiger partial charge in [0, 0.05) is 42.8 Å². The van der Waals surface area contributed by atoms with Gasteiger partial charge < -0.3 is 24.6 Å². The van der Waals surface area contributed by atoms with Crippen molar-refractivity contribution in [1.29, 1.82) is 0 Å². The van der Waals surface area contributed by atoms with Crippen LogP contribution in [0.15, 0.2) is 60.8 Å². The number of amides is 2. The van der Waals surface area contributed by atoms with Crippen molar-refractivity contribution in [3.05, 3.63) is 76.9 Å². The normalized spacial score (nSPS) is 13.7. The van der Waals surface area contributed by atoms with Crippen LogP contribution in [0.2, 0.25) is 5.02 Å². The molecule has 1 N–H and O–H groups in total. The lowest BCUT2D eigenvalue weighted by atomic mass is 10.1. The summed E-state index contributed by atoms with van der Waals surface area (Å²) in [6.07, 6.45) is 2.46. The van der Waals surface area contributed by atoms with Crippen LogP contribution in [-0.4, -0.2) is 62.1 Å². The van der Waals surface area contributed by atoms with Crippen molar-refractivity contribution in [2.45, 2.75) is 6.42 Å². The van der Waals surface area contributed by atoms with Gasteiger partial charge in [-0.1, -0.05) is 11.6 Å². The standard InChI is InChI=1S/C26H27ClN4O4/c1-34-21-9-10-22(23(16-21)35-2)25(32)29-20-8-11-24(28-17-20)30-12-3-13-31(15-14-30)26(33)18-4-6-19(27)7-5-18/h4-11,16-17H,3,12-15H2,1-2H3,(H,29,32). The number of halogens is 1. The van der Waals surface area contributed by atoms with Crippen molar-refractivity contribution >= 4 is 34.9 Å². The number of nitrogens with one attached hydrogen (secondary N) is 1. The number of aromatic nitrogens is 1. The molecule has 2 aromatic carbocycles. The van der Waals surface area contributed by atoms with Crippen molar-refractivity contribution in [3.63, 3.8) is 0 Å². The molecule has 35 heavy (non-hydrogen) atoms. The Morgan fingerprint density at radius 1 is 0.943 bits per heavy atom. The van der Waals surface area contributed by atoms with Gasteiger partial charge >= 0.3 is 0 Å². The molecule has 9 heteroatoms. The largest absolute Gasteiger partial charge is 0.497 e. The molecule has 1 aromatic heterocycles. The minimum Gasteiger partial charge on any atom is -0.497 e. The maximum absolute atomic E-state index is 12.8. The van der Waals surface area contributed by atoms with Gasteiger partial charge in [0.25, 0.3) is 11.8 Å². The quantitative estimate of drug-likeness (QED) is 0.548. The maximum atomic E-state index is 12.8. The van der Waals surface area contributed by atoms with Gasteiger partial charge in [-0.15, -0.1) is 0 Å². The summed E-state index contributed by atoms with van der Waals surface area (Å²) in [6, 6.07) is 15.7. The van der Waals surface area contributed by atoms with Crippen molar-refractivity contribution in [2.24, 2.45) is 0 Å². The fourth-order valence-electron chi connectivity index (χ4n) is 3.96. The molecule has 0 aliphatic carbocycles. The van der Waals surface area contributed by atoms with E-state index >= 15 is 0 Å². The van der Waals surface area contributed by atoms with E-state index in [4.69, 9.17) is 21.1 Å². The number of carbonyl (C=O) groups is 2. The monoisotopic (exact) mass is 494 g/mol. The summed E-state index contributed by atoms with van der Waals surface area (Å²) in [5, 5.41) is 3.46. The number of hydrogen-bond donors (Lipinski definition) is 1. The molecule has 1 fully saturated rings. The number of pyridine rings is 1. The maximum Gasteiger partial charge on any atom is 0.259 e. The zero-order chi connectivity index (χ0) is 24.8. The molecule has 1 saturated heterocycles. The highest BCUT2D eigenvalue weighted by molar-refractivity contribution is 6.30. The molecule has 3 aromatic rings. The van der Waals surface area contributed by atoms with Gasteiger partial charge in [0.05, 0.1) is 31.7 Å². The minimum absolute atomic E-state index is 0.00324. The lowest BCUT2D eigenvalue weighted by molar-refractivity contribution is 0.0767. The molecule has 4 rings (SSSR count). The second kappa shape index (κ2) is 11.1. The second-order valence-corrected chi connectivity index (χ2v) is 8.50. The van der Waals surface area contributed by atoms with Gasteiger partial charge in [-0.3, -0.25) is 9.59 Å². The highest BCUT2D eigenvalue weighted by Gasteiger charge is 2.21.